The Morgan fingerprint density at radius 2 is 2.17 bits per heavy atom. The summed E-state index contributed by atoms with van der Waals surface area (Å²) in [7, 11) is 0. The van der Waals surface area contributed by atoms with Crippen LogP contribution in [0.1, 0.15) is 22.8 Å². The minimum Gasteiger partial charge on any atom is -0.493 e. The van der Waals surface area contributed by atoms with Crippen LogP contribution in [0.4, 0.5) is 5.82 Å². The first-order valence-electron chi connectivity index (χ1n) is 5.89. The normalized spacial score (nSPS) is 10.1. The van der Waals surface area contributed by atoms with Crippen LogP contribution in [0.5, 0.6) is 5.75 Å². The molecule has 1 aromatic heterocycles. The van der Waals surface area contributed by atoms with Crippen LogP contribution >= 0.6 is 0 Å². The Balaban J connectivity index is 2.18. The lowest BCUT2D eigenvalue weighted by atomic mass is 10.2. The smallest absolute Gasteiger partial charge is 0.260 e. The van der Waals surface area contributed by atoms with Gasteiger partial charge in [0.2, 0.25) is 0 Å². The Bertz CT molecular complexity index is 546. The summed E-state index contributed by atoms with van der Waals surface area (Å²) in [5, 5.41) is 2.80. The second-order valence-corrected chi connectivity index (χ2v) is 3.97. The maximum absolute atomic E-state index is 12.1. The highest BCUT2D eigenvalue weighted by Crippen LogP contribution is 2.19. The molecular formula is C14H16N2O2. The lowest BCUT2D eigenvalue weighted by Crippen LogP contribution is -2.13. The Morgan fingerprint density at radius 3 is 2.83 bits per heavy atom. The van der Waals surface area contributed by atoms with E-state index in [0.29, 0.717) is 23.7 Å². The molecule has 4 nitrogen and oxygen atoms in total. The van der Waals surface area contributed by atoms with Crippen LogP contribution in [0.2, 0.25) is 0 Å². The molecular weight excluding hydrogens is 228 g/mol. The third-order valence-electron chi connectivity index (χ3n) is 2.51. The second kappa shape index (κ2) is 5.40. The molecule has 0 saturated carbocycles. The van der Waals surface area contributed by atoms with Crippen LogP contribution in [0.3, 0.4) is 0 Å². The Morgan fingerprint density at radius 1 is 1.39 bits per heavy atom. The van der Waals surface area contributed by atoms with E-state index in [0.717, 1.165) is 5.56 Å². The van der Waals surface area contributed by atoms with E-state index in [-0.39, 0.29) is 5.91 Å². The minimum atomic E-state index is -0.180. The van der Waals surface area contributed by atoms with Crippen molar-refractivity contribution in [1.29, 1.82) is 0 Å². The first-order chi connectivity index (χ1) is 8.70. The van der Waals surface area contributed by atoms with Gasteiger partial charge in [-0.1, -0.05) is 12.1 Å². The molecule has 0 atom stereocenters. The van der Waals surface area contributed by atoms with Crippen LogP contribution in [-0.2, 0) is 0 Å². The molecule has 2 rings (SSSR count). The Labute approximate surface area is 106 Å². The summed E-state index contributed by atoms with van der Waals surface area (Å²) in [4.78, 5) is 15.1. The van der Waals surface area contributed by atoms with Gasteiger partial charge in [-0.25, -0.2) is 0 Å². The van der Waals surface area contributed by atoms with Gasteiger partial charge in [-0.05, 0) is 37.6 Å². The van der Waals surface area contributed by atoms with E-state index in [1.54, 1.807) is 12.1 Å². The Kier molecular flexibility index (Phi) is 3.67. The lowest BCUT2D eigenvalue weighted by molar-refractivity contribution is 0.102. The lowest BCUT2D eigenvalue weighted by Gasteiger charge is -2.09. The summed E-state index contributed by atoms with van der Waals surface area (Å²) in [5.74, 6) is 1.10. The van der Waals surface area contributed by atoms with Gasteiger partial charge in [-0.2, -0.15) is 0 Å². The van der Waals surface area contributed by atoms with Crippen molar-refractivity contribution in [3.05, 3.63) is 47.7 Å². The van der Waals surface area contributed by atoms with Gasteiger partial charge in [-0.3, -0.25) is 4.79 Å². The molecule has 0 aliphatic heterocycles. The number of aromatic nitrogens is 1. The van der Waals surface area contributed by atoms with Crippen LogP contribution in [0.25, 0.3) is 0 Å². The van der Waals surface area contributed by atoms with Gasteiger partial charge >= 0.3 is 0 Å². The van der Waals surface area contributed by atoms with E-state index >= 15 is 0 Å². The summed E-state index contributed by atoms with van der Waals surface area (Å²) in [6.07, 6.45) is 1.84. The van der Waals surface area contributed by atoms with Gasteiger partial charge in [0.1, 0.15) is 11.6 Å². The number of rotatable bonds is 4. The fourth-order valence-electron chi connectivity index (χ4n) is 1.70. The number of carbonyl (C=O) groups is 1. The van der Waals surface area contributed by atoms with Crippen molar-refractivity contribution in [3.8, 4) is 5.75 Å². The third kappa shape index (κ3) is 2.71. The molecule has 0 unspecified atom stereocenters. The molecule has 0 spiro atoms. The van der Waals surface area contributed by atoms with Crippen molar-refractivity contribution in [2.24, 2.45) is 0 Å². The number of amides is 1. The maximum atomic E-state index is 12.1. The fourth-order valence-corrected chi connectivity index (χ4v) is 1.70. The molecule has 0 aliphatic carbocycles. The average molecular weight is 244 g/mol. The SMILES string of the molecule is CCOc1ccccc1C(=O)Nc1cc(C)c[nH]1. The highest BCUT2D eigenvalue weighted by atomic mass is 16.5. The number of aromatic amines is 1. The number of nitrogens with one attached hydrogen (secondary N) is 2. The molecule has 0 bridgehead atoms. The molecule has 18 heavy (non-hydrogen) atoms. The van der Waals surface area contributed by atoms with Gasteiger partial charge < -0.3 is 15.0 Å². The molecule has 0 fully saturated rings. The summed E-state index contributed by atoms with van der Waals surface area (Å²) in [6.45, 7) is 4.38. The molecule has 1 heterocycles. The third-order valence-corrected chi connectivity index (χ3v) is 2.51. The predicted molar refractivity (Wildman–Crippen MR) is 71.1 cm³/mol. The minimum absolute atomic E-state index is 0.180. The number of aryl methyl sites for hydroxylation is 1. The monoisotopic (exact) mass is 244 g/mol. The maximum Gasteiger partial charge on any atom is 0.260 e. The van der Waals surface area contributed by atoms with Gasteiger partial charge in [0.25, 0.3) is 5.91 Å². The van der Waals surface area contributed by atoms with E-state index in [1.165, 1.54) is 0 Å². The highest BCUT2D eigenvalue weighted by molar-refractivity contribution is 6.05. The molecule has 2 aromatic rings. The van der Waals surface area contributed by atoms with Crippen LogP contribution in [0, 0.1) is 6.92 Å². The van der Waals surface area contributed by atoms with E-state index in [4.69, 9.17) is 4.74 Å². The van der Waals surface area contributed by atoms with Crippen molar-refractivity contribution in [2.75, 3.05) is 11.9 Å². The van der Waals surface area contributed by atoms with E-state index in [1.807, 2.05) is 38.2 Å². The molecule has 0 radical (unpaired) electrons. The molecule has 1 amide bonds. The van der Waals surface area contributed by atoms with Crippen molar-refractivity contribution >= 4 is 11.7 Å². The van der Waals surface area contributed by atoms with Crippen LogP contribution in [0.15, 0.2) is 36.5 Å². The summed E-state index contributed by atoms with van der Waals surface area (Å²) >= 11 is 0. The molecule has 1 aromatic carbocycles. The average Bonchev–Trinajstić information content (AvgIpc) is 2.76. The molecule has 0 saturated heterocycles. The number of hydrogen-bond acceptors (Lipinski definition) is 2. The molecule has 94 valence electrons. The van der Waals surface area contributed by atoms with Gasteiger partial charge in [0.15, 0.2) is 0 Å². The van der Waals surface area contributed by atoms with Gasteiger partial charge in [-0.15, -0.1) is 0 Å². The number of benzene rings is 1. The van der Waals surface area contributed by atoms with E-state index in [9.17, 15) is 4.79 Å². The molecule has 4 heteroatoms. The number of H-pyrrole nitrogens is 1. The van der Waals surface area contributed by atoms with Gasteiger partial charge in [0, 0.05) is 6.20 Å². The summed E-state index contributed by atoms with van der Waals surface area (Å²) in [6, 6.07) is 9.08. The van der Waals surface area contributed by atoms with Gasteiger partial charge in [0.05, 0.1) is 12.2 Å². The first kappa shape index (κ1) is 12.2. The number of ether oxygens (including phenoxy) is 1. The second-order valence-electron chi connectivity index (χ2n) is 3.97. The number of anilines is 1. The number of hydrogen-bond donors (Lipinski definition) is 2. The standard InChI is InChI=1S/C14H16N2O2/c1-3-18-12-7-5-4-6-11(12)14(17)16-13-8-10(2)9-15-13/h4-9,15H,3H2,1-2H3,(H,16,17). The van der Waals surface area contributed by atoms with Crippen molar-refractivity contribution in [1.82, 2.24) is 4.98 Å². The van der Waals surface area contributed by atoms with Crippen molar-refractivity contribution in [2.45, 2.75) is 13.8 Å². The van der Waals surface area contributed by atoms with Crippen molar-refractivity contribution < 1.29 is 9.53 Å². The zero-order valence-corrected chi connectivity index (χ0v) is 10.5. The van der Waals surface area contributed by atoms with E-state index < -0.39 is 0 Å². The van der Waals surface area contributed by atoms with E-state index in [2.05, 4.69) is 10.3 Å². The van der Waals surface area contributed by atoms with Crippen molar-refractivity contribution in [3.63, 3.8) is 0 Å². The topological polar surface area (TPSA) is 54.1 Å². The molecule has 2 N–H and O–H groups in total. The highest BCUT2D eigenvalue weighted by Gasteiger charge is 2.12. The quantitative estimate of drug-likeness (QED) is 0.868. The Hall–Kier alpha value is -2.23. The summed E-state index contributed by atoms with van der Waals surface area (Å²) in [5.41, 5.74) is 1.61. The fraction of sp³-hybridized carbons (Fsp3) is 0.214. The van der Waals surface area contributed by atoms with Crippen LogP contribution in [-0.4, -0.2) is 17.5 Å². The predicted octanol–water partition coefficient (Wildman–Crippen LogP) is 2.97. The number of para-hydroxylation sites is 1. The zero-order chi connectivity index (χ0) is 13.0. The summed E-state index contributed by atoms with van der Waals surface area (Å²) < 4.78 is 5.43. The first-order valence-corrected chi connectivity index (χ1v) is 5.89. The zero-order valence-electron chi connectivity index (χ0n) is 10.5. The number of carbonyl (C=O) groups excluding carboxylic acids is 1. The van der Waals surface area contributed by atoms with Crippen LogP contribution < -0.4 is 10.1 Å². The molecule has 0 aliphatic rings. The largest absolute Gasteiger partial charge is 0.493 e.